The molecule has 2 heterocycles. The molecule has 0 unspecified atom stereocenters. The van der Waals surface area contributed by atoms with Crippen molar-refractivity contribution in [1.82, 2.24) is 14.8 Å². The summed E-state index contributed by atoms with van der Waals surface area (Å²) >= 11 is 12.1. The minimum atomic E-state index is 0.0464. The molecule has 1 aliphatic heterocycles. The number of hydrogen-bond acceptors (Lipinski definition) is 4. The lowest BCUT2D eigenvalue weighted by atomic mass is 10.1. The van der Waals surface area contributed by atoms with Crippen LogP contribution in [0.2, 0.25) is 10.0 Å². The Labute approximate surface area is 163 Å². The molecule has 0 radical (unpaired) electrons. The van der Waals surface area contributed by atoms with Crippen LogP contribution in [0.4, 0.5) is 5.82 Å². The molecule has 0 spiro atoms. The summed E-state index contributed by atoms with van der Waals surface area (Å²) in [7, 11) is 2.07. The highest BCUT2D eigenvalue weighted by Gasteiger charge is 2.20. The van der Waals surface area contributed by atoms with Gasteiger partial charge in [-0.05, 0) is 43.3 Å². The highest BCUT2D eigenvalue weighted by molar-refractivity contribution is 6.35. The number of pyridine rings is 1. The Kier molecular flexibility index (Phi) is 6.35. The minimum Gasteiger partial charge on any atom is -0.370 e. The SMILES string of the molecule is CN1CCN(C(=O)c2ccc(NCCc3ccc(Cl)cc3Cl)nc2)CC1. The van der Waals surface area contributed by atoms with Crippen molar-refractivity contribution < 1.29 is 4.79 Å². The topological polar surface area (TPSA) is 48.5 Å². The van der Waals surface area contributed by atoms with Crippen LogP contribution in [0.5, 0.6) is 0 Å². The molecule has 1 saturated heterocycles. The number of carbonyl (C=O) groups is 1. The Morgan fingerprint density at radius 2 is 1.92 bits per heavy atom. The van der Waals surface area contributed by atoms with Crippen molar-refractivity contribution in [3.8, 4) is 0 Å². The fourth-order valence-electron chi connectivity index (χ4n) is 2.87. The van der Waals surface area contributed by atoms with E-state index in [1.807, 2.05) is 29.2 Å². The van der Waals surface area contributed by atoms with Crippen LogP contribution in [0.25, 0.3) is 0 Å². The molecule has 1 fully saturated rings. The molecule has 138 valence electrons. The molecule has 0 atom stereocenters. The molecule has 3 rings (SSSR count). The molecule has 1 aromatic heterocycles. The van der Waals surface area contributed by atoms with Gasteiger partial charge in [0.2, 0.25) is 0 Å². The summed E-state index contributed by atoms with van der Waals surface area (Å²) in [5, 5.41) is 4.55. The largest absolute Gasteiger partial charge is 0.370 e. The molecule has 0 bridgehead atoms. The number of carbonyl (C=O) groups excluding carboxylic acids is 1. The van der Waals surface area contributed by atoms with Gasteiger partial charge in [0, 0.05) is 49.0 Å². The van der Waals surface area contributed by atoms with E-state index in [-0.39, 0.29) is 5.91 Å². The summed E-state index contributed by atoms with van der Waals surface area (Å²) in [6.07, 6.45) is 2.40. The molecule has 7 heteroatoms. The zero-order valence-electron chi connectivity index (χ0n) is 14.7. The van der Waals surface area contributed by atoms with E-state index in [4.69, 9.17) is 23.2 Å². The molecular formula is C19H22Cl2N4O. The lowest BCUT2D eigenvalue weighted by Crippen LogP contribution is -2.47. The van der Waals surface area contributed by atoms with Gasteiger partial charge in [-0.25, -0.2) is 4.98 Å². The second kappa shape index (κ2) is 8.71. The van der Waals surface area contributed by atoms with Crippen LogP contribution in [0, 0.1) is 0 Å². The van der Waals surface area contributed by atoms with E-state index in [0.717, 1.165) is 44.0 Å². The van der Waals surface area contributed by atoms with Gasteiger partial charge in [0.05, 0.1) is 5.56 Å². The molecule has 0 saturated carbocycles. The number of aromatic nitrogens is 1. The average molecular weight is 393 g/mol. The molecule has 1 N–H and O–H groups in total. The zero-order chi connectivity index (χ0) is 18.5. The smallest absolute Gasteiger partial charge is 0.255 e. The van der Waals surface area contributed by atoms with Crippen LogP contribution in [0.15, 0.2) is 36.5 Å². The summed E-state index contributed by atoms with van der Waals surface area (Å²) in [4.78, 5) is 21.0. The number of likely N-dealkylation sites (N-methyl/N-ethyl adjacent to an activating group) is 1. The van der Waals surface area contributed by atoms with Crippen molar-refractivity contribution in [3.05, 3.63) is 57.7 Å². The van der Waals surface area contributed by atoms with Crippen LogP contribution in [-0.4, -0.2) is 60.5 Å². The van der Waals surface area contributed by atoms with Gasteiger partial charge in [-0.3, -0.25) is 4.79 Å². The van der Waals surface area contributed by atoms with Gasteiger partial charge in [0.15, 0.2) is 0 Å². The number of amides is 1. The maximum atomic E-state index is 12.5. The maximum absolute atomic E-state index is 12.5. The van der Waals surface area contributed by atoms with E-state index < -0.39 is 0 Å². The summed E-state index contributed by atoms with van der Waals surface area (Å²) in [6, 6.07) is 9.17. The number of anilines is 1. The van der Waals surface area contributed by atoms with Gasteiger partial charge in [-0.15, -0.1) is 0 Å². The monoisotopic (exact) mass is 392 g/mol. The molecule has 5 nitrogen and oxygen atoms in total. The highest BCUT2D eigenvalue weighted by Crippen LogP contribution is 2.21. The maximum Gasteiger partial charge on any atom is 0.255 e. The van der Waals surface area contributed by atoms with E-state index in [1.54, 1.807) is 12.3 Å². The molecule has 1 aromatic carbocycles. The Balaban J connectivity index is 1.52. The highest BCUT2D eigenvalue weighted by atomic mass is 35.5. The Hall–Kier alpha value is -1.82. The lowest BCUT2D eigenvalue weighted by Gasteiger charge is -2.32. The van der Waals surface area contributed by atoms with Crippen LogP contribution in [0.3, 0.4) is 0 Å². The number of benzene rings is 1. The standard InChI is InChI=1S/C19H22Cl2N4O/c1-24-8-10-25(11-9-24)19(26)15-3-5-18(23-13-15)22-7-6-14-2-4-16(20)12-17(14)21/h2-5,12-13H,6-11H2,1H3,(H,22,23). The normalized spacial score (nSPS) is 15.1. The third kappa shape index (κ3) is 4.87. The second-order valence-electron chi connectivity index (χ2n) is 6.44. The minimum absolute atomic E-state index is 0.0464. The van der Waals surface area contributed by atoms with Gasteiger partial charge in [-0.2, -0.15) is 0 Å². The molecule has 0 aliphatic carbocycles. The van der Waals surface area contributed by atoms with E-state index in [2.05, 4.69) is 22.2 Å². The van der Waals surface area contributed by atoms with E-state index >= 15 is 0 Å². The number of nitrogens with zero attached hydrogens (tertiary/aromatic N) is 3. The fraction of sp³-hybridized carbons (Fsp3) is 0.368. The van der Waals surface area contributed by atoms with Gasteiger partial charge in [0.1, 0.15) is 5.82 Å². The van der Waals surface area contributed by atoms with Crippen molar-refractivity contribution in [3.63, 3.8) is 0 Å². The third-order valence-corrected chi connectivity index (χ3v) is 5.10. The fourth-order valence-corrected chi connectivity index (χ4v) is 3.37. The van der Waals surface area contributed by atoms with Crippen LogP contribution >= 0.6 is 23.2 Å². The summed E-state index contributed by atoms with van der Waals surface area (Å²) in [5.74, 6) is 0.787. The van der Waals surface area contributed by atoms with Crippen molar-refractivity contribution in [1.29, 1.82) is 0 Å². The predicted octanol–water partition coefficient (Wildman–Crippen LogP) is 3.43. The van der Waals surface area contributed by atoms with Gasteiger partial charge >= 0.3 is 0 Å². The van der Waals surface area contributed by atoms with Gasteiger partial charge in [-0.1, -0.05) is 29.3 Å². The van der Waals surface area contributed by atoms with Gasteiger partial charge in [0.25, 0.3) is 5.91 Å². The van der Waals surface area contributed by atoms with Crippen molar-refractivity contribution in [2.24, 2.45) is 0 Å². The summed E-state index contributed by atoms with van der Waals surface area (Å²) in [5.41, 5.74) is 1.66. The van der Waals surface area contributed by atoms with Crippen LogP contribution in [0.1, 0.15) is 15.9 Å². The average Bonchev–Trinajstić information content (AvgIpc) is 2.64. The molecule has 1 aliphatic rings. The third-order valence-electron chi connectivity index (χ3n) is 4.52. The summed E-state index contributed by atoms with van der Waals surface area (Å²) in [6.45, 7) is 4.03. The van der Waals surface area contributed by atoms with E-state index in [1.165, 1.54) is 0 Å². The molecule has 26 heavy (non-hydrogen) atoms. The van der Waals surface area contributed by atoms with Crippen LogP contribution < -0.4 is 5.32 Å². The molecular weight excluding hydrogens is 371 g/mol. The first-order valence-electron chi connectivity index (χ1n) is 8.64. The second-order valence-corrected chi connectivity index (χ2v) is 7.28. The number of rotatable bonds is 5. The summed E-state index contributed by atoms with van der Waals surface area (Å²) < 4.78 is 0. The number of nitrogens with one attached hydrogen (secondary N) is 1. The number of halogens is 2. The Bertz CT molecular complexity index is 759. The predicted molar refractivity (Wildman–Crippen MR) is 106 cm³/mol. The first-order valence-corrected chi connectivity index (χ1v) is 9.40. The van der Waals surface area contributed by atoms with Gasteiger partial charge < -0.3 is 15.1 Å². The lowest BCUT2D eigenvalue weighted by molar-refractivity contribution is 0.0663. The molecule has 1 amide bonds. The first-order chi connectivity index (χ1) is 12.5. The number of piperazine rings is 1. The van der Waals surface area contributed by atoms with Crippen molar-refractivity contribution in [2.45, 2.75) is 6.42 Å². The van der Waals surface area contributed by atoms with Crippen molar-refractivity contribution in [2.75, 3.05) is 45.1 Å². The van der Waals surface area contributed by atoms with E-state index in [9.17, 15) is 4.79 Å². The number of hydrogen-bond donors (Lipinski definition) is 1. The van der Waals surface area contributed by atoms with Crippen LogP contribution in [-0.2, 0) is 6.42 Å². The Morgan fingerprint density at radius 3 is 2.58 bits per heavy atom. The van der Waals surface area contributed by atoms with Crippen molar-refractivity contribution >= 4 is 34.9 Å². The Morgan fingerprint density at radius 1 is 1.15 bits per heavy atom. The quantitative estimate of drug-likeness (QED) is 0.846. The van der Waals surface area contributed by atoms with E-state index in [0.29, 0.717) is 22.2 Å². The first kappa shape index (κ1) is 19.0. The molecule has 2 aromatic rings. The zero-order valence-corrected chi connectivity index (χ0v) is 16.2.